The van der Waals surface area contributed by atoms with Gasteiger partial charge in [0.15, 0.2) is 0 Å². The quantitative estimate of drug-likeness (QED) is 0.480. The summed E-state index contributed by atoms with van der Waals surface area (Å²) in [4.78, 5) is 38.0. The van der Waals surface area contributed by atoms with Crippen molar-refractivity contribution in [3.63, 3.8) is 0 Å². The standard InChI is InChI=1S/C25H34N2O5/c28-18-25(14-8-9-15-25)27-22(29)16-20-12-4-1-2-7-13-23(30)32-17-21(26-24(20)31)19-10-5-3-6-11-19/h1,3-6,10-11,20-21,28H,2,7-9,12-18H2,(H,26,31)(H,27,29). The van der Waals surface area contributed by atoms with Gasteiger partial charge < -0.3 is 20.5 Å². The molecule has 2 unspecified atom stereocenters. The molecule has 1 aromatic rings. The molecule has 7 heteroatoms. The third-order valence-corrected chi connectivity index (χ3v) is 6.34. The predicted octanol–water partition coefficient (Wildman–Crippen LogP) is 2.94. The Hall–Kier alpha value is -2.67. The fourth-order valence-corrected chi connectivity index (χ4v) is 4.42. The molecule has 1 aliphatic heterocycles. The molecule has 3 rings (SSSR count). The Bertz CT molecular complexity index is 802. The molecule has 0 aromatic heterocycles. The van der Waals surface area contributed by atoms with Crippen LogP contribution in [0, 0.1) is 5.92 Å². The maximum absolute atomic E-state index is 13.2. The fraction of sp³-hybridized carbons (Fsp3) is 0.560. The zero-order valence-electron chi connectivity index (χ0n) is 18.6. The molecule has 32 heavy (non-hydrogen) atoms. The van der Waals surface area contributed by atoms with E-state index in [1.165, 1.54) is 0 Å². The SMILES string of the molecule is O=C(CC1CC=CCCCC(=O)OCC(c2ccccc2)NC1=O)NC1(CO)CCCC1. The summed E-state index contributed by atoms with van der Waals surface area (Å²) in [6, 6.07) is 8.89. The lowest BCUT2D eigenvalue weighted by Gasteiger charge is -2.29. The van der Waals surface area contributed by atoms with Crippen LogP contribution in [0.1, 0.15) is 69.4 Å². The van der Waals surface area contributed by atoms with Gasteiger partial charge in [0.25, 0.3) is 0 Å². The minimum atomic E-state index is -0.562. The Kier molecular flexibility index (Phi) is 8.85. The van der Waals surface area contributed by atoms with Gasteiger partial charge in [-0.1, -0.05) is 55.3 Å². The first-order chi connectivity index (χ1) is 15.5. The van der Waals surface area contributed by atoms with E-state index in [1.54, 1.807) is 0 Å². The summed E-state index contributed by atoms with van der Waals surface area (Å²) in [5.41, 5.74) is 0.278. The van der Waals surface area contributed by atoms with Crippen molar-refractivity contribution in [3.05, 3.63) is 48.0 Å². The number of amides is 2. The van der Waals surface area contributed by atoms with E-state index in [9.17, 15) is 19.5 Å². The topological polar surface area (TPSA) is 105 Å². The molecule has 2 aliphatic rings. The van der Waals surface area contributed by atoms with Crippen LogP contribution in [0.5, 0.6) is 0 Å². The molecule has 0 saturated heterocycles. The van der Waals surface area contributed by atoms with Crippen molar-refractivity contribution in [1.29, 1.82) is 0 Å². The van der Waals surface area contributed by atoms with Crippen molar-refractivity contribution in [2.75, 3.05) is 13.2 Å². The number of benzene rings is 1. The molecular formula is C25H34N2O5. The van der Waals surface area contributed by atoms with Crippen molar-refractivity contribution < 1.29 is 24.2 Å². The Morgan fingerprint density at radius 3 is 2.59 bits per heavy atom. The number of aliphatic hydroxyl groups excluding tert-OH is 1. The number of aliphatic hydroxyl groups is 1. The molecule has 3 N–H and O–H groups in total. The number of ether oxygens (including phenoxy) is 1. The van der Waals surface area contributed by atoms with Gasteiger partial charge in [-0.3, -0.25) is 14.4 Å². The van der Waals surface area contributed by atoms with Crippen molar-refractivity contribution >= 4 is 17.8 Å². The van der Waals surface area contributed by atoms with Crippen LogP contribution in [0.4, 0.5) is 0 Å². The Balaban J connectivity index is 1.73. The van der Waals surface area contributed by atoms with Crippen LogP contribution < -0.4 is 10.6 Å². The molecule has 0 spiro atoms. The monoisotopic (exact) mass is 442 g/mol. The van der Waals surface area contributed by atoms with Crippen molar-refractivity contribution in [2.45, 2.75) is 69.4 Å². The van der Waals surface area contributed by atoms with Crippen LogP contribution in [0.2, 0.25) is 0 Å². The maximum Gasteiger partial charge on any atom is 0.305 e. The third kappa shape index (κ3) is 6.92. The molecule has 2 atom stereocenters. The summed E-state index contributed by atoms with van der Waals surface area (Å²) >= 11 is 0. The van der Waals surface area contributed by atoms with Gasteiger partial charge in [0.2, 0.25) is 11.8 Å². The molecule has 7 nitrogen and oxygen atoms in total. The zero-order valence-corrected chi connectivity index (χ0v) is 18.6. The van der Waals surface area contributed by atoms with E-state index in [4.69, 9.17) is 4.74 Å². The van der Waals surface area contributed by atoms with Gasteiger partial charge in [-0.25, -0.2) is 0 Å². The first kappa shape index (κ1) is 24.0. The Labute approximate surface area is 189 Å². The average molecular weight is 443 g/mol. The van der Waals surface area contributed by atoms with E-state index in [-0.39, 0.29) is 37.4 Å². The van der Waals surface area contributed by atoms with E-state index >= 15 is 0 Å². The highest BCUT2D eigenvalue weighted by atomic mass is 16.5. The molecule has 1 heterocycles. The van der Waals surface area contributed by atoms with Gasteiger partial charge in [-0.2, -0.15) is 0 Å². The minimum absolute atomic E-state index is 0.0409. The van der Waals surface area contributed by atoms with Crippen molar-refractivity contribution in [3.8, 4) is 0 Å². The number of allylic oxidation sites excluding steroid dienone is 2. The zero-order chi connectivity index (χ0) is 22.8. The number of nitrogens with one attached hydrogen (secondary N) is 2. The summed E-state index contributed by atoms with van der Waals surface area (Å²) in [6.07, 6.45) is 9.52. The van der Waals surface area contributed by atoms with Crippen LogP contribution in [0.3, 0.4) is 0 Å². The summed E-state index contributed by atoms with van der Waals surface area (Å²) in [5, 5.41) is 15.8. The minimum Gasteiger partial charge on any atom is -0.463 e. The fourth-order valence-electron chi connectivity index (χ4n) is 4.42. The van der Waals surface area contributed by atoms with E-state index < -0.39 is 17.5 Å². The Morgan fingerprint density at radius 1 is 1.12 bits per heavy atom. The van der Waals surface area contributed by atoms with Gasteiger partial charge in [0, 0.05) is 12.8 Å². The summed E-state index contributed by atoms with van der Waals surface area (Å²) in [5.74, 6) is -1.30. The molecule has 1 aliphatic carbocycles. The van der Waals surface area contributed by atoms with Crippen LogP contribution >= 0.6 is 0 Å². The molecule has 2 amide bonds. The smallest absolute Gasteiger partial charge is 0.305 e. The Morgan fingerprint density at radius 2 is 1.88 bits per heavy atom. The van der Waals surface area contributed by atoms with Crippen LogP contribution in [-0.2, 0) is 19.1 Å². The van der Waals surface area contributed by atoms with Gasteiger partial charge in [0.1, 0.15) is 6.61 Å². The lowest BCUT2D eigenvalue weighted by atomic mass is 9.95. The number of esters is 1. The molecule has 1 aromatic carbocycles. The number of hydrogen-bond acceptors (Lipinski definition) is 5. The van der Waals surface area contributed by atoms with E-state index in [2.05, 4.69) is 10.6 Å². The van der Waals surface area contributed by atoms with E-state index in [1.807, 2.05) is 42.5 Å². The van der Waals surface area contributed by atoms with Crippen LogP contribution in [0.15, 0.2) is 42.5 Å². The molecule has 1 fully saturated rings. The predicted molar refractivity (Wildman–Crippen MR) is 120 cm³/mol. The maximum atomic E-state index is 13.2. The van der Waals surface area contributed by atoms with E-state index in [0.717, 1.165) is 31.2 Å². The number of cyclic esters (lactones) is 1. The second-order valence-corrected chi connectivity index (χ2v) is 8.85. The summed E-state index contributed by atoms with van der Waals surface area (Å²) < 4.78 is 5.42. The van der Waals surface area contributed by atoms with Gasteiger partial charge >= 0.3 is 5.97 Å². The van der Waals surface area contributed by atoms with Crippen molar-refractivity contribution in [2.24, 2.45) is 5.92 Å². The normalized spacial score (nSPS) is 24.4. The molecule has 0 radical (unpaired) electrons. The van der Waals surface area contributed by atoms with Gasteiger partial charge in [-0.15, -0.1) is 0 Å². The molecule has 174 valence electrons. The van der Waals surface area contributed by atoms with Crippen LogP contribution in [-0.4, -0.2) is 41.6 Å². The van der Waals surface area contributed by atoms with Crippen molar-refractivity contribution in [1.82, 2.24) is 10.6 Å². The highest BCUT2D eigenvalue weighted by Crippen LogP contribution is 2.29. The third-order valence-electron chi connectivity index (χ3n) is 6.34. The molecule has 1 saturated carbocycles. The first-order valence-corrected chi connectivity index (χ1v) is 11.6. The number of carbonyl (C=O) groups excluding carboxylic acids is 3. The molecular weight excluding hydrogens is 408 g/mol. The second kappa shape index (κ2) is 11.8. The van der Waals surface area contributed by atoms with Crippen LogP contribution in [0.25, 0.3) is 0 Å². The summed E-state index contributed by atoms with van der Waals surface area (Å²) in [6.45, 7) is -0.0362. The number of rotatable bonds is 5. The highest BCUT2D eigenvalue weighted by Gasteiger charge is 2.35. The first-order valence-electron chi connectivity index (χ1n) is 11.6. The summed E-state index contributed by atoms with van der Waals surface area (Å²) in [7, 11) is 0. The number of carbonyl (C=O) groups is 3. The highest BCUT2D eigenvalue weighted by molar-refractivity contribution is 5.86. The molecule has 0 bridgehead atoms. The average Bonchev–Trinajstić information content (AvgIpc) is 3.27. The number of hydrogen-bond donors (Lipinski definition) is 3. The lowest BCUT2D eigenvalue weighted by molar-refractivity contribution is -0.145. The van der Waals surface area contributed by atoms with Gasteiger partial charge in [0.05, 0.1) is 24.1 Å². The lowest BCUT2D eigenvalue weighted by Crippen LogP contribution is -2.50. The second-order valence-electron chi connectivity index (χ2n) is 8.85. The van der Waals surface area contributed by atoms with E-state index in [0.29, 0.717) is 25.7 Å². The van der Waals surface area contributed by atoms with Gasteiger partial charge in [-0.05, 0) is 37.7 Å². The largest absolute Gasteiger partial charge is 0.463 e.